The maximum absolute atomic E-state index is 5.88. The normalized spacial score (nSPS) is 27.8. The van der Waals surface area contributed by atoms with Crippen LogP contribution in [0.5, 0.6) is 0 Å². The van der Waals surface area contributed by atoms with Crippen molar-refractivity contribution >= 4 is 0 Å². The third-order valence-corrected chi connectivity index (χ3v) is 1.94. The van der Waals surface area contributed by atoms with Crippen molar-refractivity contribution in [3.05, 3.63) is 0 Å². The van der Waals surface area contributed by atoms with Gasteiger partial charge in [-0.05, 0) is 26.8 Å². The highest BCUT2D eigenvalue weighted by Gasteiger charge is 2.23. The molecule has 1 heterocycles. The summed E-state index contributed by atoms with van der Waals surface area (Å²) in [5, 5.41) is 0. The molecule has 1 aliphatic heterocycles. The van der Waals surface area contributed by atoms with Crippen LogP contribution >= 0.6 is 0 Å². The van der Waals surface area contributed by atoms with E-state index in [-0.39, 0.29) is 5.54 Å². The monoisotopic (exact) mass is 157 g/mol. The molecular weight excluding hydrogens is 138 g/mol. The minimum atomic E-state index is -0.0793. The van der Waals surface area contributed by atoms with E-state index in [0.717, 1.165) is 26.1 Å². The SMILES string of the molecule is CC(C)(N)CN1CC[C@H](N)C1. The standard InChI is InChI=1S/C8H19N3/c1-8(2,10)6-11-4-3-7(9)5-11/h7H,3-6,9-10H2,1-2H3/t7-/m0/s1. The molecule has 0 aromatic heterocycles. The van der Waals surface area contributed by atoms with E-state index in [1.54, 1.807) is 0 Å². The van der Waals surface area contributed by atoms with Crippen molar-refractivity contribution in [1.82, 2.24) is 4.90 Å². The number of likely N-dealkylation sites (tertiary alicyclic amines) is 1. The number of rotatable bonds is 2. The van der Waals surface area contributed by atoms with Crippen LogP contribution in [0.2, 0.25) is 0 Å². The average molecular weight is 157 g/mol. The van der Waals surface area contributed by atoms with Crippen LogP contribution in [-0.4, -0.2) is 36.1 Å². The van der Waals surface area contributed by atoms with E-state index in [9.17, 15) is 0 Å². The molecule has 3 heteroatoms. The Hall–Kier alpha value is -0.120. The molecule has 1 aliphatic rings. The predicted octanol–water partition coefficient (Wildman–Crippen LogP) is -0.243. The fourth-order valence-corrected chi connectivity index (χ4v) is 1.58. The van der Waals surface area contributed by atoms with Crippen molar-refractivity contribution in [3.63, 3.8) is 0 Å². The molecule has 11 heavy (non-hydrogen) atoms. The molecule has 1 saturated heterocycles. The van der Waals surface area contributed by atoms with Crippen molar-refractivity contribution < 1.29 is 0 Å². The molecule has 0 spiro atoms. The van der Waals surface area contributed by atoms with E-state index in [1.807, 2.05) is 0 Å². The predicted molar refractivity (Wildman–Crippen MR) is 47.3 cm³/mol. The van der Waals surface area contributed by atoms with Gasteiger partial charge in [-0.25, -0.2) is 0 Å². The van der Waals surface area contributed by atoms with Crippen molar-refractivity contribution in [2.24, 2.45) is 11.5 Å². The van der Waals surface area contributed by atoms with Gasteiger partial charge in [0.2, 0.25) is 0 Å². The first-order chi connectivity index (χ1) is 4.97. The van der Waals surface area contributed by atoms with Crippen molar-refractivity contribution in [3.8, 4) is 0 Å². The summed E-state index contributed by atoms with van der Waals surface area (Å²) in [6, 6.07) is 0.373. The maximum atomic E-state index is 5.88. The molecule has 1 fully saturated rings. The van der Waals surface area contributed by atoms with E-state index in [0.29, 0.717) is 6.04 Å². The lowest BCUT2D eigenvalue weighted by atomic mass is 10.1. The summed E-state index contributed by atoms with van der Waals surface area (Å²) in [6.07, 6.45) is 1.12. The highest BCUT2D eigenvalue weighted by Crippen LogP contribution is 2.10. The molecule has 1 rings (SSSR count). The average Bonchev–Trinajstić information content (AvgIpc) is 2.10. The van der Waals surface area contributed by atoms with E-state index < -0.39 is 0 Å². The molecule has 3 nitrogen and oxygen atoms in total. The smallest absolute Gasteiger partial charge is 0.0226 e. The second-order valence-electron chi connectivity index (χ2n) is 4.27. The van der Waals surface area contributed by atoms with Crippen LogP contribution in [0, 0.1) is 0 Å². The summed E-state index contributed by atoms with van der Waals surface area (Å²) in [7, 11) is 0. The van der Waals surface area contributed by atoms with Crippen LogP contribution in [0.1, 0.15) is 20.3 Å². The molecule has 0 aromatic carbocycles. The molecule has 0 aromatic rings. The number of hydrogen-bond acceptors (Lipinski definition) is 3. The van der Waals surface area contributed by atoms with Crippen molar-refractivity contribution in [2.75, 3.05) is 19.6 Å². The highest BCUT2D eigenvalue weighted by atomic mass is 15.2. The largest absolute Gasteiger partial charge is 0.326 e. The van der Waals surface area contributed by atoms with Gasteiger partial charge < -0.3 is 11.5 Å². The Bertz CT molecular complexity index is 128. The van der Waals surface area contributed by atoms with Gasteiger partial charge in [0.05, 0.1) is 0 Å². The topological polar surface area (TPSA) is 55.3 Å². The Morgan fingerprint density at radius 2 is 2.18 bits per heavy atom. The van der Waals surface area contributed by atoms with Gasteiger partial charge in [-0.1, -0.05) is 0 Å². The van der Waals surface area contributed by atoms with E-state index in [1.165, 1.54) is 0 Å². The van der Waals surface area contributed by atoms with Crippen LogP contribution in [-0.2, 0) is 0 Å². The summed E-state index contributed by atoms with van der Waals surface area (Å²) in [4.78, 5) is 2.34. The van der Waals surface area contributed by atoms with Crippen molar-refractivity contribution in [1.29, 1.82) is 0 Å². The molecule has 1 atom stereocenters. The zero-order valence-electron chi connectivity index (χ0n) is 7.51. The number of nitrogens with zero attached hydrogens (tertiary/aromatic N) is 1. The minimum Gasteiger partial charge on any atom is -0.326 e. The second kappa shape index (κ2) is 3.09. The maximum Gasteiger partial charge on any atom is 0.0226 e. The summed E-state index contributed by atoms with van der Waals surface area (Å²) in [5.74, 6) is 0. The van der Waals surface area contributed by atoms with Crippen LogP contribution in [0.15, 0.2) is 0 Å². The Morgan fingerprint density at radius 1 is 1.55 bits per heavy atom. The van der Waals surface area contributed by atoms with Crippen LogP contribution in [0.3, 0.4) is 0 Å². The first kappa shape index (κ1) is 8.97. The molecule has 0 amide bonds. The van der Waals surface area contributed by atoms with Gasteiger partial charge in [-0.2, -0.15) is 0 Å². The van der Waals surface area contributed by atoms with E-state index in [2.05, 4.69) is 18.7 Å². The third kappa shape index (κ3) is 3.18. The first-order valence-electron chi connectivity index (χ1n) is 4.24. The van der Waals surface area contributed by atoms with Gasteiger partial charge in [-0.15, -0.1) is 0 Å². The molecule has 0 unspecified atom stereocenters. The van der Waals surface area contributed by atoms with Crippen molar-refractivity contribution in [2.45, 2.75) is 31.8 Å². The Balaban J connectivity index is 2.29. The molecule has 4 N–H and O–H groups in total. The lowest BCUT2D eigenvalue weighted by Gasteiger charge is -2.25. The zero-order valence-corrected chi connectivity index (χ0v) is 7.51. The molecule has 0 saturated carbocycles. The summed E-state index contributed by atoms with van der Waals surface area (Å²) in [6.45, 7) is 7.19. The van der Waals surface area contributed by atoms with Crippen LogP contribution < -0.4 is 11.5 Å². The molecular formula is C8H19N3. The number of nitrogens with two attached hydrogens (primary N) is 2. The lowest BCUT2D eigenvalue weighted by Crippen LogP contribution is -2.45. The van der Waals surface area contributed by atoms with Gasteiger partial charge in [0.25, 0.3) is 0 Å². The van der Waals surface area contributed by atoms with Crippen LogP contribution in [0.4, 0.5) is 0 Å². The molecule has 66 valence electrons. The minimum absolute atomic E-state index is 0.0793. The second-order valence-corrected chi connectivity index (χ2v) is 4.27. The quantitative estimate of drug-likeness (QED) is 0.581. The zero-order chi connectivity index (χ0) is 8.48. The molecule has 0 aliphatic carbocycles. The van der Waals surface area contributed by atoms with Gasteiger partial charge in [0.1, 0.15) is 0 Å². The fourth-order valence-electron chi connectivity index (χ4n) is 1.58. The van der Waals surface area contributed by atoms with Crippen LogP contribution in [0.25, 0.3) is 0 Å². The molecule has 0 radical (unpaired) electrons. The van der Waals surface area contributed by atoms with E-state index >= 15 is 0 Å². The molecule has 0 bridgehead atoms. The van der Waals surface area contributed by atoms with Gasteiger partial charge in [-0.3, -0.25) is 4.90 Å². The first-order valence-corrected chi connectivity index (χ1v) is 4.24. The van der Waals surface area contributed by atoms with Gasteiger partial charge >= 0.3 is 0 Å². The Labute approximate surface area is 68.7 Å². The third-order valence-electron chi connectivity index (χ3n) is 1.94. The summed E-state index contributed by atoms with van der Waals surface area (Å²) >= 11 is 0. The Morgan fingerprint density at radius 3 is 2.55 bits per heavy atom. The summed E-state index contributed by atoms with van der Waals surface area (Å²) in [5.41, 5.74) is 11.6. The number of hydrogen-bond donors (Lipinski definition) is 2. The highest BCUT2D eigenvalue weighted by molar-refractivity contribution is 4.84. The van der Waals surface area contributed by atoms with Gasteiger partial charge in [0, 0.05) is 24.7 Å². The summed E-state index contributed by atoms with van der Waals surface area (Å²) < 4.78 is 0. The fraction of sp³-hybridized carbons (Fsp3) is 1.00. The lowest BCUT2D eigenvalue weighted by molar-refractivity contribution is 0.269. The van der Waals surface area contributed by atoms with E-state index in [4.69, 9.17) is 11.5 Å². The van der Waals surface area contributed by atoms with Gasteiger partial charge in [0.15, 0.2) is 0 Å². The Kier molecular flexibility index (Phi) is 2.52.